The average Bonchev–Trinajstić information content (AvgIpc) is 2.48. The molecule has 1 saturated heterocycles. The van der Waals surface area contributed by atoms with Crippen LogP contribution in [-0.4, -0.2) is 46.6 Å². The summed E-state index contributed by atoms with van der Waals surface area (Å²) in [6, 6.07) is 1.98. The second-order valence-corrected chi connectivity index (χ2v) is 5.11. The predicted molar refractivity (Wildman–Crippen MR) is 78.8 cm³/mol. The van der Waals surface area contributed by atoms with Gasteiger partial charge in [-0.3, -0.25) is 9.78 Å². The molecule has 1 atom stereocenters. The van der Waals surface area contributed by atoms with E-state index in [1.54, 1.807) is 12.4 Å². The lowest BCUT2D eigenvalue weighted by Crippen LogP contribution is -2.44. The fraction of sp³-hybridized carbons (Fsp3) is 0.600. The molecule has 0 spiro atoms. The van der Waals surface area contributed by atoms with Gasteiger partial charge in [0, 0.05) is 38.1 Å². The molecule has 1 aliphatic rings. The SMILES string of the molecule is CCNc1ccncc1C(=O)N1CCCCC1CCO. The number of piperidine rings is 1. The molecule has 1 fully saturated rings. The van der Waals surface area contributed by atoms with Crippen molar-refractivity contribution in [1.29, 1.82) is 0 Å². The molecule has 2 heterocycles. The number of anilines is 1. The minimum atomic E-state index is 0.0206. The highest BCUT2D eigenvalue weighted by atomic mass is 16.3. The Kier molecular flexibility index (Phi) is 5.35. The maximum Gasteiger partial charge on any atom is 0.257 e. The summed E-state index contributed by atoms with van der Waals surface area (Å²) in [5, 5.41) is 12.4. The Hall–Kier alpha value is -1.62. The van der Waals surface area contributed by atoms with Gasteiger partial charge in [-0.05, 0) is 38.7 Å². The van der Waals surface area contributed by atoms with Crippen molar-refractivity contribution in [2.45, 2.75) is 38.6 Å². The number of nitrogens with one attached hydrogen (secondary N) is 1. The van der Waals surface area contributed by atoms with Gasteiger partial charge in [0.2, 0.25) is 0 Å². The summed E-state index contributed by atoms with van der Waals surface area (Å²) in [5.41, 5.74) is 1.46. The minimum Gasteiger partial charge on any atom is -0.396 e. The average molecular weight is 277 g/mol. The third kappa shape index (κ3) is 3.28. The third-order valence-corrected chi connectivity index (χ3v) is 3.77. The van der Waals surface area contributed by atoms with Gasteiger partial charge in [0.1, 0.15) is 0 Å². The van der Waals surface area contributed by atoms with Gasteiger partial charge < -0.3 is 15.3 Å². The maximum atomic E-state index is 12.7. The predicted octanol–water partition coefficient (Wildman–Crippen LogP) is 1.89. The molecule has 0 aliphatic carbocycles. The van der Waals surface area contributed by atoms with Gasteiger partial charge in [-0.2, -0.15) is 0 Å². The smallest absolute Gasteiger partial charge is 0.257 e. The molecule has 0 bridgehead atoms. The van der Waals surface area contributed by atoms with Crippen LogP contribution in [-0.2, 0) is 0 Å². The van der Waals surface area contributed by atoms with Crippen molar-refractivity contribution in [3.63, 3.8) is 0 Å². The van der Waals surface area contributed by atoms with Crippen molar-refractivity contribution in [2.75, 3.05) is 25.0 Å². The van der Waals surface area contributed by atoms with E-state index in [1.807, 2.05) is 17.9 Å². The number of amides is 1. The topological polar surface area (TPSA) is 65.5 Å². The number of aromatic nitrogens is 1. The van der Waals surface area contributed by atoms with Gasteiger partial charge in [0.25, 0.3) is 5.91 Å². The Balaban J connectivity index is 2.20. The lowest BCUT2D eigenvalue weighted by atomic mass is 9.98. The van der Waals surface area contributed by atoms with E-state index in [-0.39, 0.29) is 18.6 Å². The summed E-state index contributed by atoms with van der Waals surface area (Å²) < 4.78 is 0. The fourth-order valence-corrected chi connectivity index (χ4v) is 2.78. The lowest BCUT2D eigenvalue weighted by Gasteiger charge is -2.36. The second kappa shape index (κ2) is 7.24. The first kappa shape index (κ1) is 14.8. The first-order valence-electron chi connectivity index (χ1n) is 7.37. The number of pyridine rings is 1. The van der Waals surface area contributed by atoms with Crippen LogP contribution in [0.1, 0.15) is 43.0 Å². The van der Waals surface area contributed by atoms with Crippen LogP contribution < -0.4 is 5.32 Å². The molecule has 1 aromatic heterocycles. The van der Waals surface area contributed by atoms with Crippen LogP contribution in [0.2, 0.25) is 0 Å². The van der Waals surface area contributed by atoms with Gasteiger partial charge in [-0.15, -0.1) is 0 Å². The molecule has 1 amide bonds. The molecule has 0 radical (unpaired) electrons. The zero-order valence-electron chi connectivity index (χ0n) is 12.0. The number of rotatable bonds is 5. The molecule has 2 rings (SSSR count). The molecule has 0 aromatic carbocycles. The van der Waals surface area contributed by atoms with Gasteiger partial charge in [-0.1, -0.05) is 0 Å². The van der Waals surface area contributed by atoms with E-state index in [0.29, 0.717) is 12.0 Å². The highest BCUT2D eigenvalue weighted by molar-refractivity contribution is 5.99. The van der Waals surface area contributed by atoms with Gasteiger partial charge in [0.05, 0.1) is 11.3 Å². The molecular formula is C15H23N3O2. The summed E-state index contributed by atoms with van der Waals surface area (Å²) in [6.45, 7) is 3.67. The second-order valence-electron chi connectivity index (χ2n) is 5.11. The largest absolute Gasteiger partial charge is 0.396 e. The molecule has 20 heavy (non-hydrogen) atoms. The fourth-order valence-electron chi connectivity index (χ4n) is 2.78. The molecule has 1 aliphatic heterocycles. The van der Waals surface area contributed by atoms with Crippen molar-refractivity contribution in [1.82, 2.24) is 9.88 Å². The van der Waals surface area contributed by atoms with Gasteiger partial charge in [-0.25, -0.2) is 0 Å². The van der Waals surface area contributed by atoms with E-state index in [9.17, 15) is 4.79 Å². The van der Waals surface area contributed by atoms with Gasteiger partial charge >= 0.3 is 0 Å². The van der Waals surface area contributed by atoms with E-state index in [4.69, 9.17) is 5.11 Å². The van der Waals surface area contributed by atoms with Crippen molar-refractivity contribution >= 4 is 11.6 Å². The number of hydrogen-bond acceptors (Lipinski definition) is 4. The number of aliphatic hydroxyl groups excluding tert-OH is 1. The highest BCUT2D eigenvalue weighted by Crippen LogP contribution is 2.24. The first-order chi connectivity index (χ1) is 9.77. The van der Waals surface area contributed by atoms with Crippen LogP contribution in [0.4, 0.5) is 5.69 Å². The number of aliphatic hydroxyl groups is 1. The van der Waals surface area contributed by atoms with Crippen molar-refractivity contribution in [3.8, 4) is 0 Å². The number of carbonyl (C=O) groups is 1. The standard InChI is InChI=1S/C15H23N3O2/c1-2-17-14-6-8-16-11-13(14)15(20)18-9-4-3-5-12(18)7-10-19/h6,8,11-12,19H,2-5,7,9-10H2,1H3,(H,16,17). The Morgan fingerprint density at radius 1 is 1.55 bits per heavy atom. The molecule has 1 unspecified atom stereocenters. The third-order valence-electron chi connectivity index (χ3n) is 3.77. The normalized spacial score (nSPS) is 18.9. The molecule has 2 N–H and O–H groups in total. The van der Waals surface area contributed by atoms with Crippen LogP contribution in [0, 0.1) is 0 Å². The summed E-state index contributed by atoms with van der Waals surface area (Å²) in [5.74, 6) is 0.0206. The van der Waals surface area contributed by atoms with E-state index >= 15 is 0 Å². The Bertz CT molecular complexity index is 448. The number of hydrogen-bond donors (Lipinski definition) is 2. The van der Waals surface area contributed by atoms with Crippen LogP contribution in [0.25, 0.3) is 0 Å². The molecule has 0 saturated carbocycles. The molecule has 5 heteroatoms. The first-order valence-corrected chi connectivity index (χ1v) is 7.37. The van der Waals surface area contributed by atoms with Gasteiger partial charge in [0.15, 0.2) is 0 Å². The van der Waals surface area contributed by atoms with Crippen molar-refractivity contribution < 1.29 is 9.90 Å². The number of carbonyl (C=O) groups excluding carboxylic acids is 1. The van der Waals surface area contributed by atoms with Crippen LogP contribution in [0.3, 0.4) is 0 Å². The Morgan fingerprint density at radius 3 is 3.15 bits per heavy atom. The lowest BCUT2D eigenvalue weighted by molar-refractivity contribution is 0.0575. The monoisotopic (exact) mass is 277 g/mol. The van der Waals surface area contributed by atoms with Crippen LogP contribution >= 0.6 is 0 Å². The molecular weight excluding hydrogens is 254 g/mol. The quantitative estimate of drug-likeness (QED) is 0.862. The highest BCUT2D eigenvalue weighted by Gasteiger charge is 2.28. The minimum absolute atomic E-state index is 0.0206. The Morgan fingerprint density at radius 2 is 2.40 bits per heavy atom. The van der Waals surface area contributed by atoms with E-state index in [0.717, 1.165) is 38.0 Å². The molecule has 5 nitrogen and oxygen atoms in total. The maximum absolute atomic E-state index is 12.7. The summed E-state index contributed by atoms with van der Waals surface area (Å²) >= 11 is 0. The Labute approximate surface area is 120 Å². The van der Waals surface area contributed by atoms with Crippen molar-refractivity contribution in [2.24, 2.45) is 0 Å². The summed E-state index contributed by atoms with van der Waals surface area (Å²) in [6.07, 6.45) is 7.11. The van der Waals surface area contributed by atoms with E-state index < -0.39 is 0 Å². The van der Waals surface area contributed by atoms with Crippen LogP contribution in [0.15, 0.2) is 18.5 Å². The van der Waals surface area contributed by atoms with Crippen molar-refractivity contribution in [3.05, 3.63) is 24.0 Å². The number of nitrogens with zero attached hydrogens (tertiary/aromatic N) is 2. The summed E-state index contributed by atoms with van der Waals surface area (Å²) in [7, 11) is 0. The molecule has 1 aromatic rings. The van der Waals surface area contributed by atoms with E-state index in [1.165, 1.54) is 0 Å². The number of likely N-dealkylation sites (tertiary alicyclic amines) is 1. The summed E-state index contributed by atoms with van der Waals surface area (Å²) in [4.78, 5) is 18.7. The van der Waals surface area contributed by atoms with E-state index in [2.05, 4.69) is 10.3 Å². The van der Waals surface area contributed by atoms with Crippen LogP contribution in [0.5, 0.6) is 0 Å². The molecule has 110 valence electrons. The zero-order chi connectivity index (χ0) is 14.4. The zero-order valence-corrected chi connectivity index (χ0v) is 12.0.